The fourth-order valence-electron chi connectivity index (χ4n) is 2.47. The van der Waals surface area contributed by atoms with Crippen LogP contribution < -0.4 is 4.74 Å². The first-order valence-corrected chi connectivity index (χ1v) is 6.98. The summed E-state index contributed by atoms with van der Waals surface area (Å²) in [5.41, 5.74) is 2.43. The summed E-state index contributed by atoms with van der Waals surface area (Å²) in [5.74, 6) is 0.733. The molecule has 2 aromatic carbocycles. The summed E-state index contributed by atoms with van der Waals surface area (Å²) < 4.78 is 5.35. The van der Waals surface area contributed by atoms with E-state index in [0.717, 1.165) is 16.5 Å². The van der Waals surface area contributed by atoms with E-state index in [-0.39, 0.29) is 5.78 Å². The van der Waals surface area contributed by atoms with Crippen LogP contribution in [0.2, 0.25) is 5.02 Å². The number of hydrogen-bond acceptors (Lipinski definition) is 2. The van der Waals surface area contributed by atoms with Crippen LogP contribution in [0.3, 0.4) is 0 Å². The maximum Gasteiger partial charge on any atom is 0.169 e. The maximum atomic E-state index is 12.5. The van der Waals surface area contributed by atoms with Gasteiger partial charge in [-0.15, -0.1) is 0 Å². The number of rotatable bonds is 4. The van der Waals surface area contributed by atoms with Crippen molar-refractivity contribution in [1.29, 1.82) is 0 Å². The number of Topliss-reactive ketones (excluding diaryl/α,β-unsaturated/α-hetero) is 1. The fourth-order valence-corrected chi connectivity index (χ4v) is 2.68. The number of aromatic nitrogens is 1. The lowest BCUT2D eigenvalue weighted by atomic mass is 10.0. The number of methoxy groups -OCH3 is 1. The SMILES string of the molecule is COc1cccc2[nH]cc(C(=O)Cc3cccc(Cl)c3)c12. The van der Waals surface area contributed by atoms with Gasteiger partial charge in [-0.3, -0.25) is 4.79 Å². The van der Waals surface area contributed by atoms with E-state index >= 15 is 0 Å². The molecule has 0 radical (unpaired) electrons. The van der Waals surface area contributed by atoms with Crippen molar-refractivity contribution in [1.82, 2.24) is 4.98 Å². The van der Waals surface area contributed by atoms with E-state index in [4.69, 9.17) is 16.3 Å². The van der Waals surface area contributed by atoms with Crippen molar-refractivity contribution >= 4 is 28.3 Å². The van der Waals surface area contributed by atoms with E-state index in [1.165, 1.54) is 0 Å². The summed E-state index contributed by atoms with van der Waals surface area (Å²) >= 11 is 5.96. The molecule has 1 heterocycles. The van der Waals surface area contributed by atoms with Gasteiger partial charge >= 0.3 is 0 Å². The van der Waals surface area contributed by atoms with Crippen LogP contribution in [0.25, 0.3) is 10.9 Å². The zero-order valence-corrected chi connectivity index (χ0v) is 12.3. The van der Waals surface area contributed by atoms with Crippen LogP contribution in [-0.4, -0.2) is 17.9 Å². The molecular formula is C17H14ClNO2. The lowest BCUT2D eigenvalue weighted by Gasteiger charge is -2.05. The van der Waals surface area contributed by atoms with E-state index in [0.29, 0.717) is 22.8 Å². The van der Waals surface area contributed by atoms with Crippen LogP contribution in [-0.2, 0) is 6.42 Å². The van der Waals surface area contributed by atoms with Crippen molar-refractivity contribution < 1.29 is 9.53 Å². The molecule has 0 saturated carbocycles. The van der Waals surface area contributed by atoms with Crippen molar-refractivity contribution in [2.24, 2.45) is 0 Å². The first-order valence-electron chi connectivity index (χ1n) is 6.61. The zero-order valence-electron chi connectivity index (χ0n) is 11.5. The first-order chi connectivity index (χ1) is 10.2. The molecule has 1 aromatic heterocycles. The van der Waals surface area contributed by atoms with Crippen LogP contribution in [0.15, 0.2) is 48.7 Å². The van der Waals surface area contributed by atoms with Gasteiger partial charge in [-0.25, -0.2) is 0 Å². The number of carbonyl (C=O) groups excluding carboxylic acids is 1. The van der Waals surface area contributed by atoms with Gasteiger partial charge < -0.3 is 9.72 Å². The third kappa shape index (κ3) is 2.65. The summed E-state index contributed by atoms with van der Waals surface area (Å²) in [4.78, 5) is 15.7. The lowest BCUT2D eigenvalue weighted by Crippen LogP contribution is -2.03. The molecular weight excluding hydrogens is 286 g/mol. The van der Waals surface area contributed by atoms with Crippen LogP contribution in [0.5, 0.6) is 5.75 Å². The molecule has 0 spiro atoms. The Morgan fingerprint density at radius 2 is 2.05 bits per heavy atom. The molecule has 0 aliphatic carbocycles. The van der Waals surface area contributed by atoms with Gasteiger partial charge in [-0.05, 0) is 29.8 Å². The van der Waals surface area contributed by atoms with Crippen molar-refractivity contribution in [2.45, 2.75) is 6.42 Å². The molecule has 21 heavy (non-hydrogen) atoms. The Balaban J connectivity index is 1.98. The second-order valence-electron chi connectivity index (χ2n) is 4.82. The monoisotopic (exact) mass is 299 g/mol. The standard InChI is InChI=1S/C17H14ClNO2/c1-21-16-7-3-6-14-17(16)13(10-19-14)15(20)9-11-4-2-5-12(18)8-11/h2-8,10,19H,9H2,1H3. The molecule has 0 amide bonds. The predicted octanol–water partition coefficient (Wildman–Crippen LogP) is 4.26. The summed E-state index contributed by atoms with van der Waals surface area (Å²) in [6.07, 6.45) is 2.05. The van der Waals surface area contributed by atoms with E-state index in [2.05, 4.69) is 4.98 Å². The fraction of sp³-hybridized carbons (Fsp3) is 0.118. The molecule has 4 heteroatoms. The van der Waals surface area contributed by atoms with Crippen LogP contribution >= 0.6 is 11.6 Å². The summed E-state index contributed by atoms with van der Waals surface area (Å²) in [5, 5.41) is 1.46. The quantitative estimate of drug-likeness (QED) is 0.732. The van der Waals surface area contributed by atoms with Crippen LogP contribution in [0.1, 0.15) is 15.9 Å². The molecule has 3 nitrogen and oxygen atoms in total. The van der Waals surface area contributed by atoms with Gasteiger partial charge in [0.15, 0.2) is 5.78 Å². The number of ketones is 1. The van der Waals surface area contributed by atoms with Crippen LogP contribution in [0.4, 0.5) is 0 Å². The number of aromatic amines is 1. The third-order valence-corrected chi connectivity index (χ3v) is 3.68. The van der Waals surface area contributed by atoms with Crippen molar-refractivity contribution in [3.63, 3.8) is 0 Å². The Hall–Kier alpha value is -2.26. The van der Waals surface area contributed by atoms with Gasteiger partial charge in [0, 0.05) is 28.7 Å². The van der Waals surface area contributed by atoms with Crippen LogP contribution in [0, 0.1) is 0 Å². The highest BCUT2D eigenvalue weighted by molar-refractivity contribution is 6.30. The molecule has 0 fully saturated rings. The van der Waals surface area contributed by atoms with Crippen molar-refractivity contribution in [3.8, 4) is 5.75 Å². The Morgan fingerprint density at radius 3 is 2.81 bits per heavy atom. The van der Waals surface area contributed by atoms with E-state index < -0.39 is 0 Å². The molecule has 0 saturated heterocycles. The Bertz CT molecular complexity index is 807. The highest BCUT2D eigenvalue weighted by atomic mass is 35.5. The number of fused-ring (bicyclic) bond motifs is 1. The summed E-state index contributed by atoms with van der Waals surface area (Å²) in [6.45, 7) is 0. The van der Waals surface area contributed by atoms with Gasteiger partial charge in [-0.1, -0.05) is 29.8 Å². The van der Waals surface area contributed by atoms with Crippen molar-refractivity contribution in [2.75, 3.05) is 7.11 Å². The maximum absolute atomic E-state index is 12.5. The number of ether oxygens (including phenoxy) is 1. The second-order valence-corrected chi connectivity index (χ2v) is 5.25. The topological polar surface area (TPSA) is 42.1 Å². The molecule has 0 unspecified atom stereocenters. The Morgan fingerprint density at radius 1 is 1.24 bits per heavy atom. The van der Waals surface area contributed by atoms with E-state index in [1.54, 1.807) is 19.4 Å². The summed E-state index contributed by atoms with van der Waals surface area (Å²) in [7, 11) is 1.60. The largest absolute Gasteiger partial charge is 0.496 e. The number of carbonyl (C=O) groups is 1. The molecule has 0 atom stereocenters. The number of nitrogens with one attached hydrogen (secondary N) is 1. The van der Waals surface area contributed by atoms with Gasteiger partial charge in [0.25, 0.3) is 0 Å². The minimum Gasteiger partial charge on any atom is -0.496 e. The predicted molar refractivity (Wildman–Crippen MR) is 84.3 cm³/mol. The van der Waals surface area contributed by atoms with Crippen molar-refractivity contribution in [3.05, 3.63) is 64.8 Å². The average Bonchev–Trinajstić information content (AvgIpc) is 2.91. The van der Waals surface area contributed by atoms with E-state index in [9.17, 15) is 4.79 Å². The minimum absolute atomic E-state index is 0.0352. The van der Waals surface area contributed by atoms with Gasteiger partial charge in [-0.2, -0.15) is 0 Å². The number of hydrogen-bond donors (Lipinski definition) is 1. The number of H-pyrrole nitrogens is 1. The normalized spacial score (nSPS) is 10.8. The molecule has 3 rings (SSSR count). The molecule has 106 valence electrons. The smallest absolute Gasteiger partial charge is 0.169 e. The molecule has 0 aliphatic rings. The van der Waals surface area contributed by atoms with E-state index in [1.807, 2.05) is 36.4 Å². The summed E-state index contributed by atoms with van der Waals surface area (Å²) in [6, 6.07) is 13.0. The lowest BCUT2D eigenvalue weighted by molar-refractivity contribution is 0.0994. The molecule has 0 bridgehead atoms. The minimum atomic E-state index is 0.0352. The average molecular weight is 300 g/mol. The van der Waals surface area contributed by atoms with Gasteiger partial charge in [0.2, 0.25) is 0 Å². The van der Waals surface area contributed by atoms with Gasteiger partial charge in [0.1, 0.15) is 5.75 Å². The second kappa shape index (κ2) is 5.62. The first kappa shape index (κ1) is 13.7. The van der Waals surface area contributed by atoms with Gasteiger partial charge in [0.05, 0.1) is 12.5 Å². The Kier molecular flexibility index (Phi) is 3.67. The molecule has 0 aliphatic heterocycles. The zero-order chi connectivity index (χ0) is 14.8. The molecule has 1 N–H and O–H groups in total. The molecule has 3 aromatic rings. The number of benzene rings is 2. The number of halogens is 1. The highest BCUT2D eigenvalue weighted by Crippen LogP contribution is 2.29. The third-order valence-electron chi connectivity index (χ3n) is 3.44. The Labute approximate surface area is 127 Å². The highest BCUT2D eigenvalue weighted by Gasteiger charge is 2.16.